The molecule has 0 saturated carbocycles. The maximum absolute atomic E-state index is 6.31. The first-order valence-corrected chi connectivity index (χ1v) is 42.0. The Morgan fingerprint density at radius 3 is 0.792 bits per heavy atom. The van der Waals surface area contributed by atoms with E-state index in [4.69, 9.17) is 50.2 Å². The highest BCUT2D eigenvalue weighted by molar-refractivity contribution is 6.68. The predicted octanol–water partition coefficient (Wildman–Crippen LogP) is 25.2. The molecule has 13 aromatic carbocycles. The lowest BCUT2D eigenvalue weighted by molar-refractivity contribution is 0.00578. The van der Waals surface area contributed by atoms with Crippen LogP contribution in [0.2, 0.25) is 5.28 Å². The Balaban J connectivity index is 0.000000140. The van der Waals surface area contributed by atoms with Crippen LogP contribution in [0, 0.1) is 0 Å². The lowest BCUT2D eigenvalue weighted by Gasteiger charge is -2.32. The molecule has 5 heterocycles. The SMILES string of the molecule is CC1(C)OB(c2cccc3c(B4OC(C)(C)C(C)(C)O4)cccc23)OC1(C)C.CC1(C)c2ccccc2-c2ccc(-c3cc(-c4ccccc4)nc(-c4cccc5c(-c6nc(-c7ccccc7)cc(-c7ccc8c(c7)C(C)(C)c7ccccc7-8)n6)cccc45)n3)cc21.CC1(C)c2ccccc2-c2ccc(-c3cc(-c4ccccc4)nc(Cl)n3)cc21. The number of aromatic nitrogens is 6. The van der Waals surface area contributed by atoms with E-state index in [1.165, 1.54) is 66.8 Å². The second-order valence-corrected chi connectivity index (χ2v) is 36.2. The van der Waals surface area contributed by atoms with Crippen molar-refractivity contribution in [2.75, 3.05) is 0 Å². The van der Waals surface area contributed by atoms with Gasteiger partial charge in [0.05, 0.1) is 56.6 Å². The highest BCUT2D eigenvalue weighted by atomic mass is 35.5. The van der Waals surface area contributed by atoms with E-state index in [2.05, 4.69) is 368 Å². The Morgan fingerprint density at radius 2 is 0.467 bits per heavy atom. The van der Waals surface area contributed by atoms with Crippen LogP contribution in [0.5, 0.6) is 0 Å². The molecule has 0 N–H and O–H groups in total. The number of hydrogen-bond donors (Lipinski definition) is 0. The first kappa shape index (κ1) is 77.8. The van der Waals surface area contributed by atoms with Gasteiger partial charge in [0.2, 0.25) is 5.28 Å². The Hall–Kier alpha value is -12.1. The second-order valence-electron chi connectivity index (χ2n) is 35.9. The molecule has 16 aromatic rings. The molecule has 0 radical (unpaired) electrons. The van der Waals surface area contributed by atoms with E-state index >= 15 is 0 Å². The van der Waals surface area contributed by atoms with Crippen molar-refractivity contribution in [3.8, 4) is 124 Å². The summed E-state index contributed by atoms with van der Waals surface area (Å²) >= 11 is 6.27. The van der Waals surface area contributed by atoms with Gasteiger partial charge in [0.1, 0.15) is 0 Å². The monoisotopic (exact) mass is 1580 g/mol. The molecule has 13 heteroatoms. The van der Waals surface area contributed by atoms with Crippen LogP contribution in [0.15, 0.2) is 309 Å². The van der Waals surface area contributed by atoms with E-state index in [1.807, 2.05) is 48.5 Å². The standard InChI is InChI=1S/C60H44N4.C25H19ClN2.C22H30B2O4/c1-59(2)49-27-13-11-21-43(49)45-31-29-39(33-51(45)59)55-35-53(37-17-7-5-8-18-37)61-57(63-55)47-25-15-24-42-41(47)23-16-26-48(42)58-62-54(38-19-9-6-10-20-38)36-56(64-58)40-30-32-46-44-22-12-14-28-50(44)60(3,4)52(46)34-40;1-25(2)20-11-7-6-10-18(20)19-13-12-17(14-21(19)25)23-15-22(27-24(26)28-23)16-8-4-3-5-9-16;1-19(2)20(3,4)26-23(25-19)17-13-9-12-16-15(17)11-10-14-18(16)24-27-21(5,6)22(7,8)28-24/h5-36H,1-4H3;3-15H,1-2H3;9-14H,1-8H3. The average Bonchev–Trinajstić information content (AvgIpc) is 1.58. The topological polar surface area (TPSA) is 114 Å². The number of rotatable bonds is 10. The van der Waals surface area contributed by atoms with Gasteiger partial charge in [-0.25, -0.2) is 29.9 Å². The molecule has 2 fully saturated rings. The van der Waals surface area contributed by atoms with Crippen LogP contribution in [-0.2, 0) is 34.9 Å². The van der Waals surface area contributed by atoms with Crippen LogP contribution in [0.25, 0.3) is 145 Å². The smallest absolute Gasteiger partial charge is 0.399 e. The molecular weight excluding hydrogens is 1490 g/mol. The Morgan fingerprint density at radius 1 is 0.217 bits per heavy atom. The van der Waals surface area contributed by atoms with Crippen molar-refractivity contribution in [1.82, 2.24) is 29.9 Å². The van der Waals surface area contributed by atoms with E-state index in [-0.39, 0.29) is 43.9 Å². The summed E-state index contributed by atoms with van der Waals surface area (Å²) in [7, 11) is -0.801. The molecular formula is C107H93B2ClN6O4. The van der Waals surface area contributed by atoms with Crippen molar-refractivity contribution in [3.63, 3.8) is 0 Å². The molecule has 10 nitrogen and oxygen atoms in total. The van der Waals surface area contributed by atoms with E-state index in [0.717, 1.165) is 111 Å². The van der Waals surface area contributed by atoms with E-state index in [0.29, 0.717) is 11.6 Å². The maximum Gasteiger partial charge on any atom is 0.495 e. The van der Waals surface area contributed by atoms with Gasteiger partial charge in [-0.1, -0.05) is 315 Å². The number of benzene rings is 13. The van der Waals surface area contributed by atoms with Crippen LogP contribution < -0.4 is 10.9 Å². The third-order valence-electron chi connectivity index (χ3n) is 26.4. The van der Waals surface area contributed by atoms with Crippen molar-refractivity contribution >= 4 is 58.3 Å². The summed E-state index contributed by atoms with van der Waals surface area (Å²) in [6, 6.07) is 109. The van der Waals surface area contributed by atoms with Crippen molar-refractivity contribution < 1.29 is 18.6 Å². The second kappa shape index (κ2) is 29.4. The number of halogens is 1. The van der Waals surface area contributed by atoms with Gasteiger partial charge in [0.15, 0.2) is 11.6 Å². The molecule has 3 aliphatic carbocycles. The summed E-state index contributed by atoms with van der Waals surface area (Å²) in [6.07, 6.45) is 0. The zero-order valence-corrected chi connectivity index (χ0v) is 71.0. The summed E-state index contributed by atoms with van der Waals surface area (Å²) in [6.45, 7) is 30.5. The molecule has 120 heavy (non-hydrogen) atoms. The summed E-state index contributed by atoms with van der Waals surface area (Å²) in [5, 5.41) is 4.55. The minimum Gasteiger partial charge on any atom is -0.399 e. The first-order chi connectivity index (χ1) is 57.6. The number of nitrogens with zero attached hydrogens (tertiary/aromatic N) is 6. The van der Waals surface area contributed by atoms with Crippen molar-refractivity contribution in [3.05, 3.63) is 348 Å². The highest BCUT2D eigenvalue weighted by Gasteiger charge is 2.54. The fourth-order valence-electron chi connectivity index (χ4n) is 18.3. The van der Waals surface area contributed by atoms with Crippen LogP contribution in [0.1, 0.15) is 130 Å². The van der Waals surface area contributed by atoms with E-state index < -0.39 is 14.2 Å². The lowest BCUT2D eigenvalue weighted by atomic mass is 9.71. The molecule has 588 valence electrons. The van der Waals surface area contributed by atoms with Gasteiger partial charge in [-0.2, -0.15) is 0 Å². The van der Waals surface area contributed by atoms with Gasteiger partial charge in [0, 0.05) is 60.8 Å². The zero-order chi connectivity index (χ0) is 83.0. The summed E-state index contributed by atoms with van der Waals surface area (Å²) in [5.74, 6) is 1.34. The normalized spacial score (nSPS) is 16.4. The molecule has 0 atom stereocenters. The molecule has 0 unspecified atom stereocenters. The Bertz CT molecular complexity index is 6420. The minimum atomic E-state index is -0.401. The molecule has 0 spiro atoms. The zero-order valence-electron chi connectivity index (χ0n) is 70.3. The molecule has 3 aromatic heterocycles. The van der Waals surface area contributed by atoms with Crippen LogP contribution in [0.3, 0.4) is 0 Å². The largest absolute Gasteiger partial charge is 0.495 e. The maximum atomic E-state index is 6.31. The minimum absolute atomic E-state index is 0.0407. The van der Waals surface area contributed by atoms with Crippen LogP contribution in [0.4, 0.5) is 0 Å². The van der Waals surface area contributed by atoms with Gasteiger partial charge in [-0.3, -0.25) is 0 Å². The van der Waals surface area contributed by atoms with Gasteiger partial charge in [0.25, 0.3) is 0 Å². The van der Waals surface area contributed by atoms with Crippen molar-refractivity contribution in [1.29, 1.82) is 0 Å². The molecule has 21 rings (SSSR count). The van der Waals surface area contributed by atoms with Crippen LogP contribution >= 0.6 is 11.6 Å². The molecule has 2 aliphatic heterocycles. The summed E-state index contributed by atoms with van der Waals surface area (Å²) < 4.78 is 25.2. The number of fused-ring (bicyclic) bond motifs is 11. The Labute approximate surface area is 709 Å². The molecule has 2 saturated heterocycles. The summed E-state index contributed by atoms with van der Waals surface area (Å²) in [5.41, 5.74) is 29.5. The van der Waals surface area contributed by atoms with Gasteiger partial charge in [-0.15, -0.1) is 0 Å². The third kappa shape index (κ3) is 13.5. The molecule has 0 amide bonds. The van der Waals surface area contributed by atoms with Gasteiger partial charge in [-0.05, 0) is 203 Å². The van der Waals surface area contributed by atoms with Crippen LogP contribution in [-0.4, -0.2) is 66.5 Å². The van der Waals surface area contributed by atoms with Gasteiger partial charge >= 0.3 is 14.2 Å². The predicted molar refractivity (Wildman–Crippen MR) is 494 cm³/mol. The fourth-order valence-corrected chi connectivity index (χ4v) is 18.4. The highest BCUT2D eigenvalue weighted by Crippen LogP contribution is 2.54. The van der Waals surface area contributed by atoms with Crippen molar-refractivity contribution in [2.45, 2.75) is 136 Å². The van der Waals surface area contributed by atoms with E-state index in [9.17, 15) is 0 Å². The van der Waals surface area contributed by atoms with E-state index in [1.54, 1.807) is 0 Å². The average molecular weight is 1580 g/mol. The lowest BCUT2D eigenvalue weighted by Crippen LogP contribution is -2.41. The molecule has 0 bridgehead atoms. The quantitative estimate of drug-likeness (QED) is 0.0968. The first-order valence-electron chi connectivity index (χ1n) is 41.6. The Kier molecular flexibility index (Phi) is 19.1. The third-order valence-corrected chi connectivity index (χ3v) is 26.6. The fraction of sp³-hybridized carbons (Fsp3) is 0.196. The van der Waals surface area contributed by atoms with Gasteiger partial charge < -0.3 is 18.6 Å². The summed E-state index contributed by atoms with van der Waals surface area (Å²) in [4.78, 5) is 30.3. The van der Waals surface area contributed by atoms with Crippen molar-refractivity contribution in [2.24, 2.45) is 0 Å². The number of hydrogen-bond acceptors (Lipinski definition) is 10. The molecule has 5 aliphatic rings.